The lowest BCUT2D eigenvalue weighted by molar-refractivity contribution is 0.122. The second-order valence-corrected chi connectivity index (χ2v) is 9.50. The normalized spacial score (nSPS) is 12.0. The second kappa shape index (κ2) is 10.7. The third-order valence-corrected chi connectivity index (χ3v) is 7.66. The number of hydrogen-bond donors (Lipinski definition) is 0. The summed E-state index contributed by atoms with van der Waals surface area (Å²) in [5.41, 5.74) is 2.53. The predicted octanol–water partition coefficient (Wildman–Crippen LogP) is 5.00. The van der Waals surface area contributed by atoms with Crippen molar-refractivity contribution in [2.24, 2.45) is 0 Å². The van der Waals surface area contributed by atoms with Crippen molar-refractivity contribution < 1.29 is 13.3 Å². The van der Waals surface area contributed by atoms with Crippen LogP contribution in [0.1, 0.15) is 44.1 Å². The van der Waals surface area contributed by atoms with Crippen molar-refractivity contribution in [2.45, 2.75) is 51.0 Å². The predicted molar refractivity (Wildman–Crippen MR) is 105 cm³/mol. The number of pyridine rings is 1. The third kappa shape index (κ3) is 5.89. The van der Waals surface area contributed by atoms with E-state index in [2.05, 4.69) is 29.2 Å². The second-order valence-electron chi connectivity index (χ2n) is 6.41. The Bertz CT molecular complexity index is 618. The van der Waals surface area contributed by atoms with Gasteiger partial charge in [0.25, 0.3) is 0 Å². The molecule has 1 heterocycles. The van der Waals surface area contributed by atoms with E-state index in [4.69, 9.17) is 13.3 Å². The molecule has 0 atom stereocenters. The third-order valence-electron chi connectivity index (χ3n) is 4.83. The average molecular weight is 362 g/mol. The zero-order valence-electron chi connectivity index (χ0n) is 15.8. The van der Waals surface area contributed by atoms with E-state index in [0.29, 0.717) is 0 Å². The van der Waals surface area contributed by atoms with Gasteiger partial charge in [-0.1, -0.05) is 49.9 Å². The fourth-order valence-electron chi connectivity index (χ4n) is 3.29. The molecule has 1 aromatic carbocycles. The van der Waals surface area contributed by atoms with Gasteiger partial charge in [-0.3, -0.25) is 4.98 Å². The summed E-state index contributed by atoms with van der Waals surface area (Å²) < 4.78 is 16.4. The molecule has 0 radical (unpaired) electrons. The Morgan fingerprint density at radius 3 is 2.16 bits per heavy atom. The van der Waals surface area contributed by atoms with Crippen molar-refractivity contribution in [3.05, 3.63) is 42.1 Å². The van der Waals surface area contributed by atoms with Gasteiger partial charge in [0.05, 0.1) is 5.52 Å². The lowest BCUT2D eigenvalue weighted by Crippen LogP contribution is -2.42. The molecule has 25 heavy (non-hydrogen) atoms. The summed E-state index contributed by atoms with van der Waals surface area (Å²) in [6.45, 7) is 0. The standard InChI is InChI=1S/C20H31NO3Si/c1-22-25(23-2,24-3)17-9-7-5-4-6-8-12-18-13-10-14-19-15-11-16-21-20(18)19/h10-11,13-16H,4-9,12,17H2,1-3H3. The highest BCUT2D eigenvalue weighted by molar-refractivity contribution is 6.60. The number of aryl methyl sites for hydroxylation is 1. The lowest BCUT2D eigenvalue weighted by Gasteiger charge is -2.24. The Morgan fingerprint density at radius 2 is 1.44 bits per heavy atom. The first-order valence-electron chi connectivity index (χ1n) is 9.23. The van der Waals surface area contributed by atoms with Gasteiger partial charge in [-0.15, -0.1) is 0 Å². The Morgan fingerprint density at radius 1 is 0.800 bits per heavy atom. The minimum atomic E-state index is -2.37. The molecule has 0 aliphatic carbocycles. The van der Waals surface area contributed by atoms with Crippen LogP contribution >= 0.6 is 0 Å². The first-order valence-corrected chi connectivity index (χ1v) is 11.2. The molecule has 2 aromatic rings. The largest absolute Gasteiger partial charge is 0.500 e. The van der Waals surface area contributed by atoms with Crippen LogP contribution in [0.2, 0.25) is 6.04 Å². The number of nitrogens with zero attached hydrogens (tertiary/aromatic N) is 1. The highest BCUT2D eigenvalue weighted by Gasteiger charge is 2.36. The Labute approximate surface area is 152 Å². The number of unbranched alkanes of at least 4 members (excludes halogenated alkanes) is 5. The van der Waals surface area contributed by atoms with Crippen molar-refractivity contribution in [3.8, 4) is 0 Å². The van der Waals surface area contributed by atoms with E-state index in [1.165, 1.54) is 43.1 Å². The lowest BCUT2D eigenvalue weighted by atomic mass is 10.0. The van der Waals surface area contributed by atoms with Crippen LogP contribution in [0.5, 0.6) is 0 Å². The zero-order valence-corrected chi connectivity index (χ0v) is 16.8. The van der Waals surface area contributed by atoms with Crippen molar-refractivity contribution in [2.75, 3.05) is 21.3 Å². The maximum absolute atomic E-state index is 5.45. The van der Waals surface area contributed by atoms with Gasteiger partial charge in [0.15, 0.2) is 0 Å². The van der Waals surface area contributed by atoms with Crippen LogP contribution in [0, 0.1) is 0 Å². The van der Waals surface area contributed by atoms with E-state index in [0.717, 1.165) is 24.4 Å². The average Bonchev–Trinajstić information content (AvgIpc) is 2.67. The van der Waals surface area contributed by atoms with E-state index < -0.39 is 8.80 Å². The molecule has 4 nitrogen and oxygen atoms in total. The highest BCUT2D eigenvalue weighted by atomic mass is 28.4. The maximum Gasteiger partial charge on any atom is 0.500 e. The molecule has 138 valence electrons. The smallest absolute Gasteiger partial charge is 0.377 e. The van der Waals surface area contributed by atoms with Crippen LogP contribution in [0.15, 0.2) is 36.5 Å². The van der Waals surface area contributed by atoms with Crippen LogP contribution in [-0.2, 0) is 19.7 Å². The van der Waals surface area contributed by atoms with Gasteiger partial charge >= 0.3 is 8.80 Å². The highest BCUT2D eigenvalue weighted by Crippen LogP contribution is 2.20. The Hall–Kier alpha value is -1.27. The molecular formula is C20H31NO3Si. The molecule has 2 rings (SSSR count). The van der Waals surface area contributed by atoms with E-state index in [-0.39, 0.29) is 0 Å². The molecule has 0 unspecified atom stereocenters. The van der Waals surface area contributed by atoms with E-state index in [1.807, 2.05) is 12.3 Å². The Kier molecular flexibility index (Phi) is 8.55. The molecule has 0 fully saturated rings. The van der Waals surface area contributed by atoms with Gasteiger partial charge in [-0.05, 0) is 30.9 Å². The molecule has 0 aliphatic heterocycles. The van der Waals surface area contributed by atoms with Crippen LogP contribution in [0.3, 0.4) is 0 Å². The van der Waals surface area contributed by atoms with Crippen molar-refractivity contribution in [1.29, 1.82) is 0 Å². The molecule has 0 saturated heterocycles. The molecule has 0 N–H and O–H groups in total. The van der Waals surface area contributed by atoms with Crippen molar-refractivity contribution in [3.63, 3.8) is 0 Å². The number of fused-ring (bicyclic) bond motifs is 1. The number of benzene rings is 1. The topological polar surface area (TPSA) is 40.6 Å². The molecule has 5 heteroatoms. The van der Waals surface area contributed by atoms with Gasteiger partial charge in [-0.2, -0.15) is 0 Å². The number of rotatable bonds is 12. The Balaban J connectivity index is 1.62. The summed E-state index contributed by atoms with van der Waals surface area (Å²) in [5, 5.41) is 1.24. The van der Waals surface area contributed by atoms with Crippen LogP contribution < -0.4 is 0 Å². The zero-order chi connectivity index (χ0) is 18.0. The molecular weight excluding hydrogens is 330 g/mol. The first-order chi connectivity index (χ1) is 12.2. The summed E-state index contributed by atoms with van der Waals surface area (Å²) in [6, 6.07) is 11.5. The monoisotopic (exact) mass is 361 g/mol. The summed E-state index contributed by atoms with van der Waals surface area (Å²) in [6.07, 6.45) is 10.3. The van der Waals surface area contributed by atoms with Gasteiger partial charge in [0, 0.05) is 39.0 Å². The fourth-order valence-corrected chi connectivity index (χ4v) is 5.08. The van der Waals surface area contributed by atoms with E-state index in [1.54, 1.807) is 21.3 Å². The van der Waals surface area contributed by atoms with E-state index in [9.17, 15) is 0 Å². The SMILES string of the molecule is CO[Si](CCCCCCCCc1cccc2cccnc12)(OC)OC. The van der Waals surface area contributed by atoms with Gasteiger partial charge in [0.2, 0.25) is 0 Å². The molecule has 0 spiro atoms. The molecule has 0 saturated carbocycles. The molecule has 1 aromatic heterocycles. The number of aromatic nitrogens is 1. The minimum absolute atomic E-state index is 0.901. The summed E-state index contributed by atoms with van der Waals surface area (Å²) in [7, 11) is 2.68. The van der Waals surface area contributed by atoms with Crippen molar-refractivity contribution in [1.82, 2.24) is 4.98 Å². The van der Waals surface area contributed by atoms with Crippen molar-refractivity contribution >= 4 is 19.7 Å². The molecule has 0 aliphatic rings. The van der Waals surface area contributed by atoms with Gasteiger partial charge in [0.1, 0.15) is 0 Å². The van der Waals surface area contributed by atoms with Gasteiger partial charge in [-0.25, -0.2) is 0 Å². The number of hydrogen-bond acceptors (Lipinski definition) is 4. The molecule has 0 bridgehead atoms. The van der Waals surface area contributed by atoms with Crippen LogP contribution in [-0.4, -0.2) is 35.1 Å². The van der Waals surface area contributed by atoms with Crippen LogP contribution in [0.25, 0.3) is 10.9 Å². The summed E-state index contributed by atoms with van der Waals surface area (Å²) in [4.78, 5) is 4.54. The summed E-state index contributed by atoms with van der Waals surface area (Å²) >= 11 is 0. The fraction of sp³-hybridized carbons (Fsp3) is 0.550. The summed E-state index contributed by atoms with van der Waals surface area (Å²) in [5.74, 6) is 0. The number of para-hydroxylation sites is 1. The quantitative estimate of drug-likeness (QED) is 0.394. The maximum atomic E-state index is 5.45. The van der Waals surface area contributed by atoms with Crippen LogP contribution in [0.4, 0.5) is 0 Å². The first kappa shape index (κ1) is 20.0. The van der Waals surface area contributed by atoms with E-state index >= 15 is 0 Å². The van der Waals surface area contributed by atoms with Gasteiger partial charge < -0.3 is 13.3 Å². The minimum Gasteiger partial charge on any atom is -0.377 e. The molecule has 0 amide bonds.